The third-order valence-electron chi connectivity index (χ3n) is 5.77. The van der Waals surface area contributed by atoms with Crippen LogP contribution in [-0.4, -0.2) is 44.9 Å². The summed E-state index contributed by atoms with van der Waals surface area (Å²) in [4.78, 5) is 23.6. The smallest absolute Gasteiger partial charge is 0.311 e. The predicted octanol–water partition coefficient (Wildman–Crippen LogP) is 4.83. The first kappa shape index (κ1) is 24.6. The minimum atomic E-state index is -1.59. The van der Waals surface area contributed by atoms with E-state index >= 15 is 0 Å². The van der Waals surface area contributed by atoms with Crippen LogP contribution in [0.1, 0.15) is 54.9 Å². The highest BCUT2D eigenvalue weighted by Crippen LogP contribution is 2.33. The van der Waals surface area contributed by atoms with Crippen LogP contribution < -0.4 is 0 Å². The molecule has 1 aliphatic rings. The maximum Gasteiger partial charge on any atom is 0.311 e. The molecule has 0 aromatic carbocycles. The van der Waals surface area contributed by atoms with Gasteiger partial charge in [0.2, 0.25) is 0 Å². The molecule has 1 heterocycles. The van der Waals surface area contributed by atoms with Crippen LogP contribution in [-0.2, 0) is 23.8 Å². The molecule has 3 atom stereocenters. The molecule has 0 aromatic rings. The van der Waals surface area contributed by atoms with Gasteiger partial charge >= 0.3 is 11.9 Å². The van der Waals surface area contributed by atoms with Crippen molar-refractivity contribution in [2.24, 2.45) is 5.41 Å². The quantitative estimate of drug-likeness (QED) is 0.310. The summed E-state index contributed by atoms with van der Waals surface area (Å²) in [5, 5.41) is 1.25. The molecule has 28 heavy (non-hydrogen) atoms. The van der Waals surface area contributed by atoms with Gasteiger partial charge < -0.3 is 14.2 Å². The van der Waals surface area contributed by atoms with Gasteiger partial charge in [0.15, 0.2) is 0 Å². The van der Waals surface area contributed by atoms with Crippen LogP contribution in [0.25, 0.3) is 0 Å². The maximum atomic E-state index is 12.4. The van der Waals surface area contributed by atoms with Crippen molar-refractivity contribution in [1.82, 2.24) is 0 Å². The minimum Gasteiger partial charge on any atom is -0.463 e. The second kappa shape index (κ2) is 10.4. The molecule has 0 unspecified atom stereocenters. The Morgan fingerprint density at radius 1 is 1.11 bits per heavy atom. The normalized spacial score (nSPS) is 22.6. The second-order valence-electron chi connectivity index (χ2n) is 8.67. The standard InChI is InChI=1S/C22H38O5Si/c1-9-28(10-2,11-3)16(4)14-20-19(27-21(24)22(6,7)8)13-12-18(26-20)15-25-17(5)23/h12-13,18-20H,4,9-11,14-15H2,1-3,5-8H3/t18-,19+,20+/m0/s1. The maximum absolute atomic E-state index is 12.4. The molecule has 1 rings (SSSR count). The third-order valence-corrected chi connectivity index (χ3v) is 11.5. The number of carbonyl (C=O) groups excluding carboxylic acids is 2. The lowest BCUT2D eigenvalue weighted by molar-refractivity contribution is -0.168. The molecular weight excluding hydrogens is 372 g/mol. The van der Waals surface area contributed by atoms with Gasteiger partial charge in [0.1, 0.15) is 24.9 Å². The van der Waals surface area contributed by atoms with Crippen molar-refractivity contribution in [3.63, 3.8) is 0 Å². The van der Waals surface area contributed by atoms with Gasteiger partial charge in [0, 0.05) is 6.92 Å². The van der Waals surface area contributed by atoms with Crippen LogP contribution in [0.5, 0.6) is 0 Å². The average Bonchev–Trinajstić information content (AvgIpc) is 2.62. The molecule has 6 heteroatoms. The third kappa shape index (κ3) is 6.59. The van der Waals surface area contributed by atoms with Crippen LogP contribution in [0.2, 0.25) is 18.1 Å². The summed E-state index contributed by atoms with van der Waals surface area (Å²) in [6.07, 6.45) is 3.21. The van der Waals surface area contributed by atoms with E-state index < -0.39 is 19.6 Å². The SMILES string of the molecule is C=C(C[C@H]1O[C@H](COC(C)=O)C=C[C@H]1OC(=O)C(C)(C)C)[Si](CC)(CC)CC. The summed E-state index contributed by atoms with van der Waals surface area (Å²) < 4.78 is 17.1. The summed E-state index contributed by atoms with van der Waals surface area (Å²) in [6, 6.07) is 3.43. The summed E-state index contributed by atoms with van der Waals surface area (Å²) in [7, 11) is -1.59. The number of hydrogen-bond donors (Lipinski definition) is 0. The minimum absolute atomic E-state index is 0.159. The van der Waals surface area contributed by atoms with Crippen LogP contribution in [0.3, 0.4) is 0 Å². The van der Waals surface area contributed by atoms with E-state index in [4.69, 9.17) is 14.2 Å². The number of hydrogen-bond acceptors (Lipinski definition) is 5. The Labute approximate surface area is 171 Å². The molecule has 5 nitrogen and oxygen atoms in total. The Morgan fingerprint density at radius 2 is 1.68 bits per heavy atom. The van der Waals surface area contributed by atoms with Crippen molar-refractivity contribution in [2.45, 2.75) is 91.3 Å². The fourth-order valence-electron chi connectivity index (χ4n) is 3.54. The van der Waals surface area contributed by atoms with Crippen molar-refractivity contribution in [2.75, 3.05) is 6.61 Å². The van der Waals surface area contributed by atoms with Gasteiger partial charge in [-0.25, -0.2) is 0 Å². The van der Waals surface area contributed by atoms with Crippen molar-refractivity contribution in [1.29, 1.82) is 0 Å². The summed E-state index contributed by atoms with van der Waals surface area (Å²) in [5.74, 6) is -0.599. The van der Waals surface area contributed by atoms with Crippen LogP contribution in [0, 0.1) is 5.41 Å². The van der Waals surface area contributed by atoms with Gasteiger partial charge in [0.05, 0.1) is 13.5 Å². The van der Waals surface area contributed by atoms with E-state index in [0.29, 0.717) is 6.42 Å². The molecule has 0 fully saturated rings. The van der Waals surface area contributed by atoms with Crippen molar-refractivity contribution < 1.29 is 23.8 Å². The zero-order chi connectivity index (χ0) is 21.5. The van der Waals surface area contributed by atoms with Crippen LogP contribution in [0.15, 0.2) is 23.9 Å². The molecule has 0 aliphatic carbocycles. The Bertz CT molecular complexity index is 578. The zero-order valence-electron chi connectivity index (χ0n) is 18.7. The van der Waals surface area contributed by atoms with E-state index in [2.05, 4.69) is 27.4 Å². The first-order valence-corrected chi connectivity index (χ1v) is 13.0. The van der Waals surface area contributed by atoms with Gasteiger partial charge in [0.25, 0.3) is 0 Å². The zero-order valence-corrected chi connectivity index (χ0v) is 19.7. The number of esters is 2. The largest absolute Gasteiger partial charge is 0.463 e. The summed E-state index contributed by atoms with van der Waals surface area (Å²) in [6.45, 7) is 18.2. The summed E-state index contributed by atoms with van der Waals surface area (Å²) in [5.41, 5.74) is -0.585. The lowest BCUT2D eigenvalue weighted by atomic mass is 9.97. The van der Waals surface area contributed by atoms with Gasteiger partial charge in [-0.1, -0.05) is 50.2 Å². The predicted molar refractivity (Wildman–Crippen MR) is 115 cm³/mol. The fourth-order valence-corrected chi connectivity index (χ4v) is 7.17. The Balaban J connectivity index is 3.01. The number of carbonyl (C=O) groups is 2. The Morgan fingerprint density at radius 3 is 2.14 bits per heavy atom. The van der Waals surface area contributed by atoms with Crippen molar-refractivity contribution in [3.8, 4) is 0 Å². The highest BCUT2D eigenvalue weighted by molar-refractivity contribution is 6.86. The van der Waals surface area contributed by atoms with E-state index in [9.17, 15) is 9.59 Å². The van der Waals surface area contributed by atoms with Gasteiger partial charge in [-0.05, 0) is 33.3 Å². The van der Waals surface area contributed by atoms with Gasteiger partial charge in [-0.3, -0.25) is 9.59 Å². The topological polar surface area (TPSA) is 61.8 Å². The second-order valence-corrected chi connectivity index (χ2v) is 14.1. The van der Waals surface area contributed by atoms with Crippen molar-refractivity contribution >= 4 is 20.0 Å². The molecule has 160 valence electrons. The molecular formula is C22H38O5Si. The molecule has 0 amide bonds. The highest BCUT2D eigenvalue weighted by Gasteiger charge is 2.37. The van der Waals surface area contributed by atoms with Crippen LogP contribution in [0.4, 0.5) is 0 Å². The number of ether oxygens (including phenoxy) is 3. The number of rotatable bonds is 9. The molecule has 0 saturated heterocycles. The molecule has 0 radical (unpaired) electrons. The molecule has 0 aromatic heterocycles. The fraction of sp³-hybridized carbons (Fsp3) is 0.727. The molecule has 0 spiro atoms. The van der Waals surface area contributed by atoms with Crippen LogP contribution >= 0.6 is 0 Å². The van der Waals surface area contributed by atoms with E-state index in [1.54, 1.807) is 0 Å². The molecule has 0 bridgehead atoms. The molecule has 1 aliphatic heterocycles. The van der Waals surface area contributed by atoms with E-state index in [-0.39, 0.29) is 30.8 Å². The highest BCUT2D eigenvalue weighted by atomic mass is 28.3. The monoisotopic (exact) mass is 410 g/mol. The molecule has 0 saturated carbocycles. The Hall–Kier alpha value is -1.40. The van der Waals surface area contributed by atoms with E-state index in [1.165, 1.54) is 12.1 Å². The van der Waals surface area contributed by atoms with Crippen molar-refractivity contribution in [3.05, 3.63) is 23.9 Å². The summed E-state index contributed by atoms with van der Waals surface area (Å²) >= 11 is 0. The van der Waals surface area contributed by atoms with Gasteiger partial charge in [-0.15, -0.1) is 6.58 Å². The molecule has 0 N–H and O–H groups in total. The van der Waals surface area contributed by atoms with Gasteiger partial charge in [-0.2, -0.15) is 0 Å². The van der Waals surface area contributed by atoms with E-state index in [1.807, 2.05) is 32.9 Å². The first-order valence-electron chi connectivity index (χ1n) is 10.4. The first-order chi connectivity index (χ1) is 13.0. The van der Waals surface area contributed by atoms with E-state index in [0.717, 1.165) is 18.1 Å². The lowest BCUT2D eigenvalue weighted by Crippen LogP contribution is -2.44. The lowest BCUT2D eigenvalue weighted by Gasteiger charge is -2.37. The Kier molecular flexibility index (Phi) is 9.15. The average molecular weight is 411 g/mol.